The van der Waals surface area contributed by atoms with Crippen LogP contribution in [0.4, 0.5) is 0 Å². The molecule has 0 atom stereocenters. The van der Waals surface area contributed by atoms with Crippen molar-refractivity contribution in [1.29, 1.82) is 0 Å². The molecule has 160 valence electrons. The summed E-state index contributed by atoms with van der Waals surface area (Å²) < 4.78 is 12.5. The Morgan fingerprint density at radius 1 is 1.03 bits per heavy atom. The Kier molecular flexibility index (Phi) is 6.28. The molecule has 0 N–H and O–H groups in total. The summed E-state index contributed by atoms with van der Waals surface area (Å²) in [7, 11) is 0. The van der Waals surface area contributed by atoms with Crippen molar-refractivity contribution in [3.63, 3.8) is 0 Å². The van der Waals surface area contributed by atoms with Gasteiger partial charge in [0.15, 0.2) is 0 Å². The van der Waals surface area contributed by atoms with E-state index in [0.29, 0.717) is 27.9 Å². The van der Waals surface area contributed by atoms with Crippen molar-refractivity contribution < 1.29 is 14.3 Å². The minimum atomic E-state index is -0.798. The highest BCUT2D eigenvalue weighted by Gasteiger charge is 2.17. The molecule has 4 aromatic rings. The predicted molar refractivity (Wildman–Crippen MR) is 119 cm³/mol. The number of aryl methyl sites for hydroxylation is 1. The van der Waals surface area contributed by atoms with Gasteiger partial charge in [-0.25, -0.2) is 9.48 Å². The topological polar surface area (TPSA) is 83.3 Å². The van der Waals surface area contributed by atoms with Gasteiger partial charge in [0.2, 0.25) is 11.1 Å². The van der Waals surface area contributed by atoms with Gasteiger partial charge in [-0.05, 0) is 61.0 Å². The van der Waals surface area contributed by atoms with Crippen molar-refractivity contribution in [2.75, 3.05) is 0 Å². The third kappa shape index (κ3) is 5.01. The second-order valence-corrected chi connectivity index (χ2v) is 7.33. The molecule has 0 amide bonds. The van der Waals surface area contributed by atoms with E-state index in [-0.39, 0.29) is 12.3 Å². The van der Waals surface area contributed by atoms with Crippen molar-refractivity contribution in [2.24, 2.45) is 0 Å². The molecule has 2 heterocycles. The lowest BCUT2D eigenvalue weighted by atomic mass is 10.2. The van der Waals surface area contributed by atoms with Gasteiger partial charge in [-0.15, -0.1) is 0 Å². The SMILES string of the molecule is Cc1cc(=O)c(C(=O)OCc2ccc(Oc3cccnc3)cc2)nn1-c1ccc(Cl)cc1. The van der Waals surface area contributed by atoms with E-state index in [9.17, 15) is 9.59 Å². The molecule has 0 saturated carbocycles. The molecule has 32 heavy (non-hydrogen) atoms. The number of ether oxygens (including phenoxy) is 2. The van der Waals surface area contributed by atoms with Gasteiger partial charge in [-0.1, -0.05) is 23.7 Å². The zero-order valence-electron chi connectivity index (χ0n) is 17.1. The van der Waals surface area contributed by atoms with Crippen LogP contribution in [0.1, 0.15) is 21.7 Å². The second-order valence-electron chi connectivity index (χ2n) is 6.90. The molecule has 0 aliphatic carbocycles. The first-order valence-electron chi connectivity index (χ1n) is 9.70. The molecular weight excluding hydrogens is 430 g/mol. The van der Waals surface area contributed by atoms with Crippen LogP contribution in [0.15, 0.2) is 83.9 Å². The lowest BCUT2D eigenvalue weighted by Crippen LogP contribution is -2.24. The van der Waals surface area contributed by atoms with Crippen LogP contribution in [0.2, 0.25) is 5.02 Å². The number of pyridine rings is 1. The Morgan fingerprint density at radius 2 is 1.78 bits per heavy atom. The summed E-state index contributed by atoms with van der Waals surface area (Å²) in [6.07, 6.45) is 3.28. The summed E-state index contributed by atoms with van der Waals surface area (Å²) >= 11 is 5.93. The summed E-state index contributed by atoms with van der Waals surface area (Å²) in [5.41, 5.74) is 1.20. The zero-order chi connectivity index (χ0) is 22.5. The molecule has 2 aromatic heterocycles. The van der Waals surface area contributed by atoms with E-state index >= 15 is 0 Å². The lowest BCUT2D eigenvalue weighted by molar-refractivity contribution is 0.0461. The van der Waals surface area contributed by atoms with Crippen molar-refractivity contribution in [1.82, 2.24) is 14.8 Å². The molecule has 0 saturated heterocycles. The standard InChI is InChI=1S/C24H18ClN3O4/c1-16-13-22(29)23(27-28(16)19-8-6-18(25)7-9-19)24(30)31-15-17-4-10-20(11-5-17)32-21-3-2-12-26-14-21/h2-14H,15H2,1H3. The molecule has 0 aliphatic heterocycles. The molecular formula is C24H18ClN3O4. The van der Waals surface area contributed by atoms with E-state index in [4.69, 9.17) is 21.1 Å². The molecule has 0 radical (unpaired) electrons. The molecule has 0 bridgehead atoms. The molecule has 2 aromatic carbocycles. The quantitative estimate of drug-likeness (QED) is 0.397. The first-order valence-corrected chi connectivity index (χ1v) is 10.1. The lowest BCUT2D eigenvalue weighted by Gasteiger charge is -2.11. The Bertz CT molecular complexity index is 1290. The van der Waals surface area contributed by atoms with Gasteiger partial charge in [0.1, 0.15) is 18.1 Å². The first-order chi connectivity index (χ1) is 15.5. The Hall–Kier alpha value is -3.97. The number of benzene rings is 2. The fraction of sp³-hybridized carbons (Fsp3) is 0.0833. The van der Waals surface area contributed by atoms with Gasteiger partial charge in [0.25, 0.3) is 0 Å². The normalized spacial score (nSPS) is 10.6. The van der Waals surface area contributed by atoms with Gasteiger partial charge in [0, 0.05) is 23.0 Å². The maximum Gasteiger partial charge on any atom is 0.363 e. The van der Waals surface area contributed by atoms with Crippen LogP contribution in [0, 0.1) is 6.92 Å². The van der Waals surface area contributed by atoms with Crippen LogP contribution < -0.4 is 10.2 Å². The van der Waals surface area contributed by atoms with Crippen LogP contribution in [-0.2, 0) is 11.3 Å². The minimum absolute atomic E-state index is 0.0120. The Balaban J connectivity index is 1.45. The highest BCUT2D eigenvalue weighted by atomic mass is 35.5. The first kappa shape index (κ1) is 21.3. The van der Waals surface area contributed by atoms with E-state index in [1.807, 2.05) is 0 Å². The number of nitrogens with zero attached hydrogens (tertiary/aromatic N) is 3. The van der Waals surface area contributed by atoms with Gasteiger partial charge < -0.3 is 9.47 Å². The predicted octanol–water partition coefficient (Wildman–Crippen LogP) is 4.74. The summed E-state index contributed by atoms with van der Waals surface area (Å²) in [5.74, 6) is 0.446. The number of halogens is 1. The fourth-order valence-electron chi connectivity index (χ4n) is 2.95. The molecule has 0 aliphatic rings. The minimum Gasteiger partial charge on any atom is -0.456 e. The second kappa shape index (κ2) is 9.45. The van der Waals surface area contributed by atoms with Crippen LogP contribution in [0.25, 0.3) is 5.69 Å². The largest absolute Gasteiger partial charge is 0.456 e. The average molecular weight is 448 g/mol. The Labute approximate surface area is 188 Å². The number of carbonyl (C=O) groups excluding carboxylic acids is 1. The third-order valence-corrected chi connectivity index (χ3v) is 4.79. The highest BCUT2D eigenvalue weighted by molar-refractivity contribution is 6.30. The van der Waals surface area contributed by atoms with Gasteiger partial charge >= 0.3 is 5.97 Å². The molecule has 0 spiro atoms. The van der Waals surface area contributed by atoms with Gasteiger partial charge in [0.05, 0.1) is 11.9 Å². The molecule has 7 nitrogen and oxygen atoms in total. The highest BCUT2D eigenvalue weighted by Crippen LogP contribution is 2.21. The van der Waals surface area contributed by atoms with E-state index in [1.54, 1.807) is 80.0 Å². The molecule has 0 fully saturated rings. The molecule has 8 heteroatoms. The summed E-state index contributed by atoms with van der Waals surface area (Å²) in [6, 6.07) is 18.9. The fourth-order valence-corrected chi connectivity index (χ4v) is 3.07. The summed E-state index contributed by atoms with van der Waals surface area (Å²) in [5, 5.41) is 4.78. The number of hydrogen-bond donors (Lipinski definition) is 0. The summed E-state index contributed by atoms with van der Waals surface area (Å²) in [6.45, 7) is 1.72. The van der Waals surface area contributed by atoms with Gasteiger partial charge in [-0.3, -0.25) is 9.78 Å². The zero-order valence-corrected chi connectivity index (χ0v) is 17.8. The smallest absolute Gasteiger partial charge is 0.363 e. The van der Waals surface area contributed by atoms with E-state index in [0.717, 1.165) is 5.56 Å². The van der Waals surface area contributed by atoms with Crippen LogP contribution >= 0.6 is 11.6 Å². The molecule has 0 unspecified atom stereocenters. The average Bonchev–Trinajstić information content (AvgIpc) is 2.80. The van der Waals surface area contributed by atoms with Crippen LogP contribution in [-0.4, -0.2) is 20.7 Å². The number of rotatable bonds is 6. The van der Waals surface area contributed by atoms with Crippen molar-refractivity contribution >= 4 is 17.6 Å². The number of aromatic nitrogens is 3. The number of esters is 1. The van der Waals surface area contributed by atoms with Crippen molar-refractivity contribution in [3.05, 3.63) is 111 Å². The van der Waals surface area contributed by atoms with Crippen molar-refractivity contribution in [3.8, 4) is 17.2 Å². The van der Waals surface area contributed by atoms with E-state index in [2.05, 4.69) is 10.1 Å². The number of carbonyl (C=O) groups is 1. The summed E-state index contributed by atoms with van der Waals surface area (Å²) in [4.78, 5) is 28.9. The van der Waals surface area contributed by atoms with Crippen LogP contribution in [0.3, 0.4) is 0 Å². The maximum absolute atomic E-state index is 12.5. The Morgan fingerprint density at radius 3 is 2.47 bits per heavy atom. The monoisotopic (exact) mass is 447 g/mol. The van der Waals surface area contributed by atoms with E-state index < -0.39 is 11.4 Å². The maximum atomic E-state index is 12.5. The third-order valence-electron chi connectivity index (χ3n) is 4.54. The van der Waals surface area contributed by atoms with Gasteiger partial charge in [-0.2, -0.15) is 5.10 Å². The van der Waals surface area contributed by atoms with Crippen LogP contribution in [0.5, 0.6) is 11.5 Å². The number of hydrogen-bond acceptors (Lipinski definition) is 6. The van der Waals surface area contributed by atoms with E-state index in [1.165, 1.54) is 10.7 Å². The van der Waals surface area contributed by atoms with Crippen molar-refractivity contribution in [2.45, 2.75) is 13.5 Å². The molecule has 4 rings (SSSR count).